The summed E-state index contributed by atoms with van der Waals surface area (Å²) in [6, 6.07) is 1.65. The fourth-order valence-corrected chi connectivity index (χ4v) is 1.64. The van der Waals surface area contributed by atoms with Crippen molar-refractivity contribution in [1.82, 2.24) is 14.7 Å². The van der Waals surface area contributed by atoms with E-state index < -0.39 is 10.0 Å². The lowest BCUT2D eigenvalue weighted by Gasteiger charge is -2.08. The molecule has 1 rings (SSSR count). The number of rotatable bonds is 6. The van der Waals surface area contributed by atoms with Gasteiger partial charge in [0.05, 0.1) is 13.4 Å². The molecule has 0 amide bonds. The lowest BCUT2D eigenvalue weighted by atomic mass is 10.5. The molecule has 0 bridgehead atoms. The van der Waals surface area contributed by atoms with E-state index in [9.17, 15) is 8.42 Å². The van der Waals surface area contributed by atoms with Crippen LogP contribution in [0.5, 0.6) is 5.88 Å². The lowest BCUT2D eigenvalue weighted by Crippen LogP contribution is -2.27. The van der Waals surface area contributed by atoms with Gasteiger partial charge in [0, 0.05) is 19.2 Å². The molecule has 0 atom stereocenters. The number of nitrogens with one attached hydrogen (secondary N) is 2. The Bertz CT molecular complexity index is 475. The van der Waals surface area contributed by atoms with Crippen LogP contribution in [0.3, 0.4) is 0 Å². The van der Waals surface area contributed by atoms with Crippen LogP contribution < -0.4 is 14.8 Å². The maximum Gasteiger partial charge on any atom is 0.218 e. The van der Waals surface area contributed by atoms with Crippen LogP contribution in [0.25, 0.3) is 0 Å². The molecule has 0 saturated heterocycles. The number of anilines is 1. The average Bonchev–Trinajstić information content (AvgIpc) is 2.22. The predicted molar refractivity (Wildman–Crippen MR) is 64.7 cm³/mol. The van der Waals surface area contributed by atoms with Crippen molar-refractivity contribution in [2.75, 3.05) is 31.8 Å². The maximum absolute atomic E-state index is 10.8. The molecule has 0 spiro atoms. The first-order valence-electron chi connectivity index (χ1n) is 4.99. The van der Waals surface area contributed by atoms with E-state index in [2.05, 4.69) is 20.0 Å². The molecule has 1 aromatic rings. The summed E-state index contributed by atoms with van der Waals surface area (Å²) < 4.78 is 29.0. The molecule has 96 valence electrons. The number of hydrogen-bond acceptors (Lipinski definition) is 6. The quantitative estimate of drug-likeness (QED) is 0.685. The van der Waals surface area contributed by atoms with Crippen molar-refractivity contribution in [2.45, 2.75) is 6.92 Å². The van der Waals surface area contributed by atoms with Crippen molar-refractivity contribution in [3.8, 4) is 5.88 Å². The molecular formula is C9H16N4O3S. The highest BCUT2D eigenvalue weighted by Gasteiger charge is 2.02. The molecule has 17 heavy (non-hydrogen) atoms. The lowest BCUT2D eigenvalue weighted by molar-refractivity contribution is 0.396. The fraction of sp³-hybridized carbons (Fsp3) is 0.556. The zero-order valence-corrected chi connectivity index (χ0v) is 10.8. The first-order valence-corrected chi connectivity index (χ1v) is 6.88. The molecule has 1 aromatic heterocycles. The summed E-state index contributed by atoms with van der Waals surface area (Å²) >= 11 is 0. The Morgan fingerprint density at radius 3 is 2.65 bits per heavy atom. The zero-order chi connectivity index (χ0) is 12.9. The van der Waals surface area contributed by atoms with Crippen molar-refractivity contribution in [3.05, 3.63) is 11.9 Å². The summed E-state index contributed by atoms with van der Waals surface area (Å²) in [5.41, 5.74) is 0. The standard InChI is InChI=1S/C9H16N4O3S/c1-7-12-8(6-9(13-7)16-2)10-4-5-11-17(3,14)15/h6,11H,4-5H2,1-3H3,(H,10,12,13). The Hall–Kier alpha value is -1.41. The number of methoxy groups -OCH3 is 1. The fourth-order valence-electron chi connectivity index (χ4n) is 1.16. The van der Waals surface area contributed by atoms with E-state index in [-0.39, 0.29) is 0 Å². The predicted octanol–water partition coefficient (Wildman–Crippen LogP) is -0.245. The largest absolute Gasteiger partial charge is 0.481 e. The van der Waals surface area contributed by atoms with E-state index in [1.165, 1.54) is 7.11 Å². The zero-order valence-electron chi connectivity index (χ0n) is 10.0. The van der Waals surface area contributed by atoms with Crippen LogP contribution in [0.2, 0.25) is 0 Å². The Labute approximate surface area is 101 Å². The van der Waals surface area contributed by atoms with Crippen molar-refractivity contribution in [1.29, 1.82) is 0 Å². The number of aromatic nitrogens is 2. The van der Waals surface area contributed by atoms with Crippen molar-refractivity contribution >= 4 is 15.8 Å². The van der Waals surface area contributed by atoms with Gasteiger partial charge in [0.2, 0.25) is 15.9 Å². The van der Waals surface area contributed by atoms with Gasteiger partial charge in [0.1, 0.15) is 11.6 Å². The van der Waals surface area contributed by atoms with Crippen LogP contribution in [0.1, 0.15) is 5.82 Å². The van der Waals surface area contributed by atoms with Crippen LogP contribution in [-0.2, 0) is 10.0 Å². The molecule has 0 saturated carbocycles. The van der Waals surface area contributed by atoms with Gasteiger partial charge in [-0.25, -0.2) is 18.1 Å². The number of ether oxygens (including phenoxy) is 1. The summed E-state index contributed by atoms with van der Waals surface area (Å²) in [4.78, 5) is 8.17. The van der Waals surface area contributed by atoms with E-state index in [4.69, 9.17) is 4.74 Å². The Morgan fingerprint density at radius 2 is 2.06 bits per heavy atom. The molecule has 1 heterocycles. The summed E-state index contributed by atoms with van der Waals surface area (Å²) in [6.07, 6.45) is 1.12. The number of aryl methyl sites for hydroxylation is 1. The molecular weight excluding hydrogens is 244 g/mol. The Kier molecular flexibility index (Phi) is 4.64. The van der Waals surface area contributed by atoms with Crippen LogP contribution in [0, 0.1) is 6.92 Å². The van der Waals surface area contributed by atoms with E-state index in [0.29, 0.717) is 30.6 Å². The first-order chi connectivity index (χ1) is 7.90. The highest BCUT2D eigenvalue weighted by molar-refractivity contribution is 7.88. The van der Waals surface area contributed by atoms with Gasteiger partial charge >= 0.3 is 0 Å². The van der Waals surface area contributed by atoms with Crippen LogP contribution in [-0.4, -0.2) is 44.8 Å². The molecule has 8 heteroatoms. The smallest absolute Gasteiger partial charge is 0.218 e. The highest BCUT2D eigenvalue weighted by Crippen LogP contribution is 2.11. The molecule has 0 unspecified atom stereocenters. The van der Waals surface area contributed by atoms with Crippen LogP contribution in [0.4, 0.5) is 5.82 Å². The minimum absolute atomic E-state index is 0.296. The molecule has 7 nitrogen and oxygen atoms in total. The molecule has 2 N–H and O–H groups in total. The Morgan fingerprint density at radius 1 is 1.35 bits per heavy atom. The van der Waals surface area contributed by atoms with E-state index >= 15 is 0 Å². The highest BCUT2D eigenvalue weighted by atomic mass is 32.2. The molecule has 0 aliphatic heterocycles. The monoisotopic (exact) mass is 260 g/mol. The third-order valence-electron chi connectivity index (χ3n) is 1.82. The summed E-state index contributed by atoms with van der Waals surface area (Å²) in [6.45, 7) is 2.49. The van der Waals surface area contributed by atoms with Crippen molar-refractivity contribution < 1.29 is 13.2 Å². The van der Waals surface area contributed by atoms with E-state index in [0.717, 1.165) is 6.26 Å². The number of hydrogen-bond donors (Lipinski definition) is 2. The number of sulfonamides is 1. The van der Waals surface area contributed by atoms with Crippen molar-refractivity contribution in [2.24, 2.45) is 0 Å². The van der Waals surface area contributed by atoms with Gasteiger partial charge in [-0.05, 0) is 6.92 Å². The van der Waals surface area contributed by atoms with Gasteiger partial charge in [-0.1, -0.05) is 0 Å². The second kappa shape index (κ2) is 5.78. The van der Waals surface area contributed by atoms with Crippen molar-refractivity contribution in [3.63, 3.8) is 0 Å². The SMILES string of the molecule is COc1cc(NCCNS(C)(=O)=O)nc(C)n1. The second-order valence-electron chi connectivity index (χ2n) is 3.44. The minimum atomic E-state index is -3.15. The van der Waals surface area contributed by atoms with E-state index in [1.807, 2.05) is 0 Å². The Balaban J connectivity index is 2.49. The van der Waals surface area contributed by atoms with Gasteiger partial charge in [0.25, 0.3) is 0 Å². The van der Waals surface area contributed by atoms with Crippen LogP contribution >= 0.6 is 0 Å². The van der Waals surface area contributed by atoms with Gasteiger partial charge in [-0.2, -0.15) is 4.98 Å². The number of nitrogens with zero attached hydrogens (tertiary/aromatic N) is 2. The topological polar surface area (TPSA) is 93.2 Å². The van der Waals surface area contributed by atoms with Gasteiger partial charge in [-0.15, -0.1) is 0 Å². The van der Waals surface area contributed by atoms with Gasteiger partial charge in [0.15, 0.2) is 0 Å². The third kappa shape index (κ3) is 5.45. The third-order valence-corrected chi connectivity index (χ3v) is 2.55. The molecule has 0 fully saturated rings. The van der Waals surface area contributed by atoms with E-state index in [1.54, 1.807) is 13.0 Å². The summed E-state index contributed by atoms with van der Waals surface area (Å²) in [7, 11) is -1.62. The maximum atomic E-state index is 10.8. The average molecular weight is 260 g/mol. The molecule has 0 aliphatic carbocycles. The second-order valence-corrected chi connectivity index (χ2v) is 5.27. The molecule has 0 aliphatic rings. The first kappa shape index (κ1) is 13.7. The summed E-state index contributed by atoms with van der Waals surface area (Å²) in [5, 5.41) is 2.97. The van der Waals surface area contributed by atoms with Gasteiger partial charge in [-0.3, -0.25) is 0 Å². The van der Waals surface area contributed by atoms with Gasteiger partial charge < -0.3 is 10.1 Å². The normalized spacial score (nSPS) is 11.2. The summed E-state index contributed by atoms with van der Waals surface area (Å²) in [5.74, 6) is 1.66. The molecule has 0 aromatic carbocycles. The minimum Gasteiger partial charge on any atom is -0.481 e. The molecule has 0 radical (unpaired) electrons. The van der Waals surface area contributed by atoms with Crippen LogP contribution in [0.15, 0.2) is 6.07 Å².